The summed E-state index contributed by atoms with van der Waals surface area (Å²) in [5.74, 6) is 0. The minimum absolute atomic E-state index is 0.148. The van der Waals surface area contributed by atoms with Crippen molar-refractivity contribution < 1.29 is 9.90 Å². The maximum atomic E-state index is 10.5. The molecule has 0 aliphatic rings. The molecule has 0 aliphatic carbocycles. The fraction of sp³-hybridized carbons (Fsp3) is 0. The van der Waals surface area contributed by atoms with Crippen molar-refractivity contribution in [2.45, 2.75) is 0 Å². The number of hydrogen-bond donors (Lipinski definition) is 1. The van der Waals surface area contributed by atoms with Crippen LogP contribution in [0.4, 0.5) is 4.79 Å². The molecular formula is C6H5O3S+. The van der Waals surface area contributed by atoms with Crippen LogP contribution in [0, 0.1) is 0 Å². The second kappa shape index (κ2) is 2.62. The first-order chi connectivity index (χ1) is 4.70. The second-order valence-corrected chi connectivity index (χ2v) is 3.28. The van der Waals surface area contributed by atoms with Gasteiger partial charge in [-0.3, -0.25) is 4.79 Å². The lowest BCUT2D eigenvalue weighted by atomic mass is 10.6. The first kappa shape index (κ1) is 6.95. The highest BCUT2D eigenvalue weighted by Crippen LogP contribution is 2.12. The van der Waals surface area contributed by atoms with Crippen LogP contribution < -0.4 is 5.43 Å². The van der Waals surface area contributed by atoms with Gasteiger partial charge >= 0.3 is 5.30 Å². The van der Waals surface area contributed by atoms with Crippen molar-refractivity contribution in [3.8, 4) is 0 Å². The van der Waals surface area contributed by atoms with E-state index >= 15 is 0 Å². The summed E-state index contributed by atoms with van der Waals surface area (Å²) in [6.45, 7) is 0. The van der Waals surface area contributed by atoms with E-state index in [2.05, 4.69) is 0 Å². The topological polar surface area (TPSA) is 54.4 Å². The zero-order valence-electron chi connectivity index (χ0n) is 4.98. The Bertz CT molecular complexity index is 282. The number of rotatable bonds is 1. The summed E-state index contributed by atoms with van der Waals surface area (Å²) in [4.78, 5) is 20.7. The van der Waals surface area contributed by atoms with Crippen molar-refractivity contribution in [1.29, 1.82) is 0 Å². The Kier molecular flexibility index (Phi) is 1.82. The monoisotopic (exact) mass is 157 g/mol. The van der Waals surface area contributed by atoms with Gasteiger partial charge in [0.05, 0.1) is 10.5 Å². The quantitative estimate of drug-likeness (QED) is 0.625. The predicted molar refractivity (Wildman–Crippen MR) is 38.6 cm³/mol. The minimum atomic E-state index is -0.903. The van der Waals surface area contributed by atoms with Gasteiger partial charge in [0.15, 0.2) is 16.2 Å². The van der Waals surface area contributed by atoms with E-state index in [9.17, 15) is 9.59 Å². The lowest BCUT2D eigenvalue weighted by Gasteiger charge is -1.77. The Hall–Kier alpha value is -1.16. The van der Waals surface area contributed by atoms with Crippen LogP contribution in [0.25, 0.3) is 0 Å². The van der Waals surface area contributed by atoms with Crippen molar-refractivity contribution >= 4 is 15.8 Å². The van der Waals surface area contributed by atoms with Gasteiger partial charge in [0, 0.05) is 12.1 Å². The third-order valence-electron chi connectivity index (χ3n) is 0.959. The summed E-state index contributed by atoms with van der Waals surface area (Å²) in [6.07, 6.45) is 0. The molecule has 1 rings (SSSR count). The van der Waals surface area contributed by atoms with Gasteiger partial charge in [0.2, 0.25) is 0 Å². The smallest absolute Gasteiger partial charge is 0.437 e. The highest BCUT2D eigenvalue weighted by atomic mass is 32.2. The summed E-state index contributed by atoms with van der Waals surface area (Å²) in [5.41, 5.74) is -0.148. The van der Waals surface area contributed by atoms with Gasteiger partial charge in [-0.25, -0.2) is 0 Å². The van der Waals surface area contributed by atoms with Crippen LogP contribution in [0.15, 0.2) is 27.7 Å². The minimum Gasteiger partial charge on any atom is -0.437 e. The first-order valence-electron chi connectivity index (χ1n) is 2.55. The predicted octanol–water partition coefficient (Wildman–Crippen LogP) is 1.32. The first-order valence-corrected chi connectivity index (χ1v) is 3.90. The number of hydrogen-bond acceptors (Lipinski definition) is 2. The van der Waals surface area contributed by atoms with Crippen molar-refractivity contribution in [2.75, 3.05) is 0 Å². The SMILES string of the molecule is O=C(O)[s+]1ccc(=O)cc1. The molecule has 52 valence electrons. The number of carboxylic acid groups (broad SMARTS) is 1. The summed E-state index contributed by atoms with van der Waals surface area (Å²) in [6, 6.07) is 2.55. The Balaban J connectivity index is 3.12. The lowest BCUT2D eigenvalue weighted by Crippen LogP contribution is -1.94. The van der Waals surface area contributed by atoms with E-state index < -0.39 is 15.8 Å². The molecule has 0 saturated carbocycles. The molecule has 3 nitrogen and oxygen atoms in total. The van der Waals surface area contributed by atoms with Crippen LogP contribution in [0.2, 0.25) is 0 Å². The summed E-state index contributed by atoms with van der Waals surface area (Å²) >= 11 is 0. The summed E-state index contributed by atoms with van der Waals surface area (Å²) in [5, 5.41) is 10.3. The summed E-state index contributed by atoms with van der Waals surface area (Å²) < 4.78 is 0. The van der Waals surface area contributed by atoms with Crippen LogP contribution in [-0.2, 0) is 0 Å². The second-order valence-electron chi connectivity index (χ2n) is 1.65. The molecule has 4 heteroatoms. The normalized spacial score (nSPS) is 9.20. The zero-order valence-corrected chi connectivity index (χ0v) is 5.80. The Morgan fingerprint density at radius 3 is 2.30 bits per heavy atom. The fourth-order valence-corrected chi connectivity index (χ4v) is 1.38. The Morgan fingerprint density at radius 1 is 1.40 bits per heavy atom. The third kappa shape index (κ3) is 1.41. The molecule has 1 N–H and O–H groups in total. The van der Waals surface area contributed by atoms with Gasteiger partial charge in [-0.1, -0.05) is 0 Å². The maximum Gasteiger partial charge on any atom is 0.551 e. The standard InChI is InChI=1S/C6H4O3S/c7-5-1-3-10(4-2-5)6(8)9/h1-4H/p+1. The average molecular weight is 157 g/mol. The van der Waals surface area contributed by atoms with Crippen LogP contribution in [-0.4, -0.2) is 10.4 Å². The van der Waals surface area contributed by atoms with E-state index in [0.717, 1.165) is 0 Å². The van der Waals surface area contributed by atoms with Gasteiger partial charge in [0.1, 0.15) is 0 Å². The Labute approximate surface area is 59.5 Å². The molecule has 0 amide bonds. The van der Waals surface area contributed by atoms with Gasteiger partial charge in [0.25, 0.3) is 0 Å². The van der Waals surface area contributed by atoms with Gasteiger partial charge in [-0.2, -0.15) is 4.79 Å². The van der Waals surface area contributed by atoms with E-state index in [0.29, 0.717) is 0 Å². The molecule has 0 atom stereocenters. The van der Waals surface area contributed by atoms with E-state index in [4.69, 9.17) is 5.11 Å². The molecular weight excluding hydrogens is 152 g/mol. The van der Waals surface area contributed by atoms with Gasteiger partial charge in [-0.05, 0) is 0 Å². The lowest BCUT2D eigenvalue weighted by molar-refractivity contribution is 0.221. The van der Waals surface area contributed by atoms with Crippen molar-refractivity contribution in [3.05, 3.63) is 33.1 Å². The van der Waals surface area contributed by atoms with E-state index in [1.807, 2.05) is 0 Å². The highest BCUT2D eigenvalue weighted by Gasteiger charge is 2.10. The zero-order chi connectivity index (χ0) is 7.56. The molecule has 10 heavy (non-hydrogen) atoms. The number of carbonyl (C=O) groups is 1. The molecule has 1 heterocycles. The average Bonchev–Trinajstić information content (AvgIpc) is 1.88. The van der Waals surface area contributed by atoms with Crippen molar-refractivity contribution in [1.82, 2.24) is 0 Å². The fourth-order valence-electron chi connectivity index (χ4n) is 0.498. The van der Waals surface area contributed by atoms with Crippen LogP contribution in [0.3, 0.4) is 0 Å². The molecule has 0 bridgehead atoms. The molecule has 0 radical (unpaired) electrons. The molecule has 0 aliphatic heterocycles. The van der Waals surface area contributed by atoms with E-state index in [-0.39, 0.29) is 5.43 Å². The third-order valence-corrected chi connectivity index (χ3v) is 2.22. The maximum absolute atomic E-state index is 10.5. The molecule has 1 aromatic heterocycles. The molecule has 0 spiro atoms. The van der Waals surface area contributed by atoms with Crippen LogP contribution in [0.5, 0.6) is 0 Å². The molecule has 0 aromatic carbocycles. The van der Waals surface area contributed by atoms with Gasteiger partial charge < -0.3 is 5.11 Å². The molecule has 0 saturated heterocycles. The highest BCUT2D eigenvalue weighted by molar-refractivity contribution is 7.47. The summed E-state index contributed by atoms with van der Waals surface area (Å²) in [7, 11) is -0.882. The molecule has 1 aromatic rings. The van der Waals surface area contributed by atoms with Crippen molar-refractivity contribution in [3.63, 3.8) is 0 Å². The van der Waals surface area contributed by atoms with Crippen LogP contribution in [0.1, 0.15) is 0 Å². The van der Waals surface area contributed by atoms with Crippen LogP contribution >= 0.6 is 10.5 Å². The largest absolute Gasteiger partial charge is 0.551 e. The van der Waals surface area contributed by atoms with Crippen molar-refractivity contribution in [2.24, 2.45) is 0 Å². The molecule has 0 unspecified atom stereocenters. The van der Waals surface area contributed by atoms with E-state index in [1.54, 1.807) is 0 Å². The van der Waals surface area contributed by atoms with Gasteiger partial charge in [-0.15, -0.1) is 0 Å². The Morgan fingerprint density at radius 2 is 1.90 bits per heavy atom. The molecule has 0 fully saturated rings. The van der Waals surface area contributed by atoms with E-state index in [1.165, 1.54) is 22.9 Å².